The van der Waals surface area contributed by atoms with E-state index in [9.17, 15) is 9.59 Å². The number of benzene rings is 1. The van der Waals surface area contributed by atoms with Gasteiger partial charge >= 0.3 is 12.0 Å². The van der Waals surface area contributed by atoms with Crippen LogP contribution in [0.5, 0.6) is 0 Å². The number of hydrogen-bond donors (Lipinski definition) is 2. The van der Waals surface area contributed by atoms with Crippen LogP contribution in [0.4, 0.5) is 4.79 Å². The molecule has 0 aromatic heterocycles. The molecule has 0 saturated heterocycles. The van der Waals surface area contributed by atoms with Crippen molar-refractivity contribution in [3.05, 3.63) is 34.9 Å². The van der Waals surface area contributed by atoms with Gasteiger partial charge in [-0.3, -0.25) is 4.79 Å². The summed E-state index contributed by atoms with van der Waals surface area (Å²) in [5.41, 5.74) is 0.958. The van der Waals surface area contributed by atoms with E-state index >= 15 is 0 Å². The second kappa shape index (κ2) is 8.52. The van der Waals surface area contributed by atoms with Crippen LogP contribution in [-0.2, 0) is 11.3 Å². The Morgan fingerprint density at radius 3 is 2.76 bits per heavy atom. The normalized spacial score (nSPS) is 11.8. The van der Waals surface area contributed by atoms with Crippen molar-refractivity contribution in [3.63, 3.8) is 0 Å². The van der Waals surface area contributed by atoms with Gasteiger partial charge in [-0.1, -0.05) is 30.7 Å². The third-order valence-corrected chi connectivity index (χ3v) is 3.40. The number of rotatable bonds is 7. The molecule has 1 aromatic rings. The van der Waals surface area contributed by atoms with Crippen molar-refractivity contribution in [2.24, 2.45) is 5.92 Å². The zero-order chi connectivity index (χ0) is 15.8. The fraction of sp³-hybridized carbons (Fsp3) is 0.467. The molecule has 1 aromatic carbocycles. The Morgan fingerprint density at radius 1 is 1.43 bits per heavy atom. The maximum atomic E-state index is 11.9. The largest absolute Gasteiger partial charge is 0.481 e. The third-order valence-electron chi connectivity index (χ3n) is 3.17. The number of carboxylic acid groups (broad SMARTS) is 1. The van der Waals surface area contributed by atoms with Crippen LogP contribution in [0, 0.1) is 5.92 Å². The van der Waals surface area contributed by atoms with Crippen molar-refractivity contribution in [2.75, 3.05) is 13.6 Å². The Balaban J connectivity index is 2.30. The third kappa shape index (κ3) is 6.49. The van der Waals surface area contributed by atoms with Crippen LogP contribution in [0.3, 0.4) is 0 Å². The summed E-state index contributed by atoms with van der Waals surface area (Å²) in [6.45, 7) is 2.60. The number of urea groups is 1. The summed E-state index contributed by atoms with van der Waals surface area (Å²) in [5.74, 6) is -1.19. The van der Waals surface area contributed by atoms with Gasteiger partial charge in [-0.2, -0.15) is 0 Å². The lowest BCUT2D eigenvalue weighted by Crippen LogP contribution is -2.37. The average molecular weight is 313 g/mol. The van der Waals surface area contributed by atoms with E-state index in [-0.39, 0.29) is 11.9 Å². The van der Waals surface area contributed by atoms with Gasteiger partial charge in [-0.05, 0) is 30.5 Å². The number of nitrogens with zero attached hydrogens (tertiary/aromatic N) is 1. The fourth-order valence-corrected chi connectivity index (χ4v) is 2.06. The number of amides is 2. The maximum Gasteiger partial charge on any atom is 0.317 e. The number of halogens is 1. The molecule has 0 radical (unpaired) electrons. The van der Waals surface area contributed by atoms with Crippen LogP contribution in [-0.4, -0.2) is 35.6 Å². The van der Waals surface area contributed by atoms with Crippen molar-refractivity contribution < 1.29 is 14.7 Å². The van der Waals surface area contributed by atoms with E-state index in [0.717, 1.165) is 5.56 Å². The molecular formula is C15H21ClN2O3. The molecular weight excluding hydrogens is 292 g/mol. The number of nitrogens with one attached hydrogen (secondary N) is 1. The predicted molar refractivity (Wildman–Crippen MR) is 82.4 cm³/mol. The van der Waals surface area contributed by atoms with Crippen LogP contribution in [0.25, 0.3) is 0 Å². The van der Waals surface area contributed by atoms with Gasteiger partial charge in [-0.15, -0.1) is 0 Å². The van der Waals surface area contributed by atoms with E-state index in [1.54, 1.807) is 24.9 Å². The summed E-state index contributed by atoms with van der Waals surface area (Å²) in [5, 5.41) is 12.2. The summed E-state index contributed by atoms with van der Waals surface area (Å²) in [4.78, 5) is 24.1. The highest BCUT2D eigenvalue weighted by Crippen LogP contribution is 2.12. The second-order valence-electron chi connectivity index (χ2n) is 5.10. The van der Waals surface area contributed by atoms with Crippen LogP contribution >= 0.6 is 11.6 Å². The molecule has 0 aliphatic carbocycles. The molecule has 6 heteroatoms. The molecule has 21 heavy (non-hydrogen) atoms. The quantitative estimate of drug-likeness (QED) is 0.760. The van der Waals surface area contributed by atoms with Gasteiger partial charge in [0.25, 0.3) is 0 Å². The van der Waals surface area contributed by atoms with Gasteiger partial charge in [0.15, 0.2) is 0 Å². The highest BCUT2D eigenvalue weighted by molar-refractivity contribution is 6.30. The zero-order valence-corrected chi connectivity index (χ0v) is 13.1. The first kappa shape index (κ1) is 17.3. The van der Waals surface area contributed by atoms with E-state index in [0.29, 0.717) is 31.0 Å². The van der Waals surface area contributed by atoms with Gasteiger partial charge in [0.2, 0.25) is 0 Å². The van der Waals surface area contributed by atoms with E-state index in [1.165, 1.54) is 0 Å². The number of hydrogen-bond acceptors (Lipinski definition) is 2. The molecule has 0 heterocycles. The van der Waals surface area contributed by atoms with E-state index < -0.39 is 5.97 Å². The monoisotopic (exact) mass is 312 g/mol. The first-order valence-electron chi connectivity index (χ1n) is 6.86. The van der Waals surface area contributed by atoms with E-state index in [4.69, 9.17) is 16.7 Å². The lowest BCUT2D eigenvalue weighted by atomic mass is 10.1. The molecule has 1 atom stereocenters. The number of carbonyl (C=O) groups excluding carboxylic acids is 1. The summed E-state index contributed by atoms with van der Waals surface area (Å²) >= 11 is 5.90. The standard InChI is InChI=1S/C15H21ClN2O3/c1-11(14(19)20)5-4-8-17-15(21)18(2)10-12-6-3-7-13(16)9-12/h3,6-7,9,11H,4-5,8,10H2,1-2H3,(H,17,21)(H,19,20). The minimum atomic E-state index is -0.806. The van der Waals surface area contributed by atoms with Gasteiger partial charge < -0.3 is 15.3 Å². The van der Waals surface area contributed by atoms with Crippen LogP contribution in [0.2, 0.25) is 5.02 Å². The molecule has 0 aliphatic rings. The fourth-order valence-electron chi connectivity index (χ4n) is 1.84. The lowest BCUT2D eigenvalue weighted by Gasteiger charge is -2.18. The summed E-state index contributed by atoms with van der Waals surface area (Å²) in [7, 11) is 1.70. The SMILES string of the molecule is CC(CCCNC(=O)N(C)Cc1cccc(Cl)c1)C(=O)O. The van der Waals surface area contributed by atoms with E-state index in [1.807, 2.05) is 18.2 Å². The molecule has 1 unspecified atom stereocenters. The lowest BCUT2D eigenvalue weighted by molar-refractivity contribution is -0.141. The second-order valence-corrected chi connectivity index (χ2v) is 5.54. The van der Waals surface area contributed by atoms with Crippen molar-refractivity contribution in [2.45, 2.75) is 26.3 Å². The highest BCUT2D eigenvalue weighted by atomic mass is 35.5. The molecule has 0 bridgehead atoms. The van der Waals surface area contributed by atoms with Crippen molar-refractivity contribution in [3.8, 4) is 0 Å². The van der Waals surface area contributed by atoms with Crippen LogP contribution < -0.4 is 5.32 Å². The molecule has 2 N–H and O–H groups in total. The first-order chi connectivity index (χ1) is 9.90. The molecule has 0 spiro atoms. The molecule has 0 fully saturated rings. The van der Waals surface area contributed by atoms with Crippen molar-refractivity contribution in [1.29, 1.82) is 0 Å². The zero-order valence-electron chi connectivity index (χ0n) is 12.3. The summed E-state index contributed by atoms with van der Waals surface area (Å²) in [6.07, 6.45) is 1.19. The Kier molecular flexibility index (Phi) is 7.02. The summed E-state index contributed by atoms with van der Waals surface area (Å²) < 4.78 is 0. The Morgan fingerprint density at radius 2 is 2.14 bits per heavy atom. The van der Waals surface area contributed by atoms with Crippen molar-refractivity contribution >= 4 is 23.6 Å². The van der Waals surface area contributed by atoms with Crippen LogP contribution in [0.15, 0.2) is 24.3 Å². The van der Waals surface area contributed by atoms with Gasteiger partial charge in [-0.25, -0.2) is 4.79 Å². The minimum Gasteiger partial charge on any atom is -0.481 e. The molecule has 0 aliphatic heterocycles. The van der Waals surface area contributed by atoms with Crippen molar-refractivity contribution in [1.82, 2.24) is 10.2 Å². The van der Waals surface area contributed by atoms with Gasteiger partial charge in [0, 0.05) is 25.2 Å². The molecule has 0 saturated carbocycles. The topological polar surface area (TPSA) is 69.6 Å². The number of carbonyl (C=O) groups is 2. The smallest absolute Gasteiger partial charge is 0.317 e. The Bertz CT molecular complexity index is 494. The molecule has 5 nitrogen and oxygen atoms in total. The number of carboxylic acids is 1. The molecule has 2 amide bonds. The Hall–Kier alpha value is -1.75. The predicted octanol–water partition coefficient (Wildman–Crippen LogP) is 2.98. The highest BCUT2D eigenvalue weighted by Gasteiger charge is 2.11. The molecule has 1 rings (SSSR count). The van der Waals surface area contributed by atoms with Crippen LogP contribution in [0.1, 0.15) is 25.3 Å². The van der Waals surface area contributed by atoms with Gasteiger partial charge in [0.1, 0.15) is 0 Å². The molecule has 116 valence electrons. The summed E-state index contributed by atoms with van der Waals surface area (Å²) in [6, 6.07) is 7.17. The van der Waals surface area contributed by atoms with Gasteiger partial charge in [0.05, 0.1) is 5.92 Å². The Labute approximate surface area is 129 Å². The number of aliphatic carboxylic acids is 1. The minimum absolute atomic E-state index is 0.182. The average Bonchev–Trinajstić information content (AvgIpc) is 2.42. The first-order valence-corrected chi connectivity index (χ1v) is 7.24. The van der Waals surface area contributed by atoms with E-state index in [2.05, 4.69) is 5.32 Å². The maximum absolute atomic E-state index is 11.9.